The lowest BCUT2D eigenvalue weighted by Crippen LogP contribution is -2.36. The molecule has 2 N–H and O–H groups in total. The first-order valence-electron chi connectivity index (χ1n) is 6.42. The van der Waals surface area contributed by atoms with Crippen molar-refractivity contribution >= 4 is 11.7 Å². The molecular weight excluding hydrogens is 276 g/mol. The first-order chi connectivity index (χ1) is 9.97. The molecule has 0 aliphatic carbocycles. The van der Waals surface area contributed by atoms with Gasteiger partial charge in [-0.2, -0.15) is 10.5 Å². The summed E-state index contributed by atoms with van der Waals surface area (Å²) in [5, 5.41) is 19.1. The molecule has 1 fully saturated rings. The summed E-state index contributed by atoms with van der Waals surface area (Å²) >= 11 is 0. The molecule has 0 aromatic carbocycles. The van der Waals surface area contributed by atoms with Crippen molar-refractivity contribution in [2.45, 2.75) is 26.7 Å². The number of nitrogens with one attached hydrogen (secondary N) is 1. The van der Waals surface area contributed by atoms with Gasteiger partial charge in [-0.25, -0.2) is 9.69 Å². The van der Waals surface area contributed by atoms with E-state index in [1.54, 1.807) is 17.9 Å². The molecule has 0 spiro atoms. The average Bonchev–Trinajstić information content (AvgIpc) is 3.07. The van der Waals surface area contributed by atoms with Gasteiger partial charge in [-0.3, -0.25) is 9.69 Å². The molecule has 112 valence electrons. The number of urea groups is 1. The van der Waals surface area contributed by atoms with Gasteiger partial charge in [0.15, 0.2) is 0 Å². The normalized spacial score (nSPS) is 18.9. The molecule has 1 atom stereocenters. The van der Waals surface area contributed by atoms with Gasteiger partial charge in [0.2, 0.25) is 6.35 Å². The van der Waals surface area contributed by atoms with E-state index < -0.39 is 6.35 Å². The highest BCUT2D eigenvalue weighted by atomic mass is 16.5. The Hall–Kier alpha value is -2.39. The van der Waals surface area contributed by atoms with Crippen molar-refractivity contribution in [3.8, 4) is 0 Å². The Morgan fingerprint density at radius 2 is 2.24 bits per heavy atom. The van der Waals surface area contributed by atoms with Gasteiger partial charge in [-0.05, 0) is 13.8 Å². The van der Waals surface area contributed by atoms with E-state index in [2.05, 4.69) is 15.7 Å². The Labute approximate surface area is 120 Å². The number of hydrogen-bond donors (Lipinski definition) is 2. The van der Waals surface area contributed by atoms with Crippen molar-refractivity contribution in [2.24, 2.45) is 0 Å². The molecule has 0 saturated carbocycles. The van der Waals surface area contributed by atoms with E-state index >= 15 is 0 Å². The van der Waals surface area contributed by atoms with Crippen molar-refractivity contribution in [3.05, 3.63) is 29.4 Å². The quantitative estimate of drug-likeness (QED) is 0.837. The fourth-order valence-corrected chi connectivity index (χ4v) is 2.26. The fraction of sp³-hybridized carbons (Fsp3) is 0.417. The number of rotatable bonds is 3. The van der Waals surface area contributed by atoms with Crippen LogP contribution in [-0.2, 0) is 6.54 Å². The molecule has 3 rings (SSSR count). The number of aryl methyl sites for hydroxylation is 2. The predicted molar refractivity (Wildman–Crippen MR) is 72.1 cm³/mol. The first kappa shape index (κ1) is 13.6. The molecule has 1 saturated heterocycles. The topological polar surface area (TPSA) is 99.7 Å². The molecule has 2 amide bonds. The number of carbonyl (C=O) groups is 1. The van der Waals surface area contributed by atoms with Crippen molar-refractivity contribution in [2.75, 3.05) is 11.9 Å². The molecule has 1 aliphatic heterocycles. The van der Waals surface area contributed by atoms with E-state index in [4.69, 9.17) is 4.52 Å². The van der Waals surface area contributed by atoms with Crippen LogP contribution in [0, 0.1) is 13.8 Å². The number of amides is 2. The van der Waals surface area contributed by atoms with Gasteiger partial charge >= 0.3 is 6.03 Å². The Morgan fingerprint density at radius 1 is 1.48 bits per heavy atom. The van der Waals surface area contributed by atoms with Gasteiger partial charge in [-0.1, -0.05) is 5.16 Å². The Balaban J connectivity index is 1.83. The summed E-state index contributed by atoms with van der Waals surface area (Å²) in [6.45, 7) is 4.19. The van der Waals surface area contributed by atoms with Crippen molar-refractivity contribution in [1.82, 2.24) is 25.4 Å². The Bertz CT molecular complexity index is 659. The van der Waals surface area contributed by atoms with Gasteiger partial charge in [0.25, 0.3) is 0 Å². The lowest BCUT2D eigenvalue weighted by Gasteiger charge is -2.14. The van der Waals surface area contributed by atoms with Crippen LogP contribution in [0.3, 0.4) is 0 Å². The van der Waals surface area contributed by atoms with Crippen LogP contribution in [0.4, 0.5) is 10.5 Å². The molecule has 1 aliphatic rings. The first-order valence-corrected chi connectivity index (χ1v) is 6.42. The minimum absolute atomic E-state index is 0.348. The SMILES string of the molecule is Cc1noc(C)c1Cn1cc(N2C(=O)N(C)NC2O)cn1. The number of anilines is 1. The van der Waals surface area contributed by atoms with Crippen LogP contribution in [0.15, 0.2) is 16.9 Å². The third kappa shape index (κ3) is 2.26. The molecule has 1 unspecified atom stereocenters. The molecule has 3 heterocycles. The number of hydrazine groups is 1. The molecular formula is C12H16N6O3. The summed E-state index contributed by atoms with van der Waals surface area (Å²) in [5.41, 5.74) is 4.86. The van der Waals surface area contributed by atoms with Crippen LogP contribution in [0.2, 0.25) is 0 Å². The second-order valence-electron chi connectivity index (χ2n) is 4.91. The molecule has 2 aromatic rings. The highest BCUT2D eigenvalue weighted by Crippen LogP contribution is 2.21. The fourth-order valence-electron chi connectivity index (χ4n) is 2.26. The zero-order chi connectivity index (χ0) is 15.1. The number of nitrogens with zero attached hydrogens (tertiary/aromatic N) is 5. The maximum absolute atomic E-state index is 11.9. The number of aliphatic hydroxyl groups is 1. The summed E-state index contributed by atoms with van der Waals surface area (Å²) in [7, 11) is 1.54. The zero-order valence-electron chi connectivity index (χ0n) is 11.9. The summed E-state index contributed by atoms with van der Waals surface area (Å²) in [5.74, 6) is 0.739. The second kappa shape index (κ2) is 4.86. The molecule has 9 heteroatoms. The monoisotopic (exact) mass is 292 g/mol. The smallest absolute Gasteiger partial charge is 0.342 e. The van der Waals surface area contributed by atoms with Crippen LogP contribution in [-0.4, -0.2) is 44.5 Å². The molecule has 21 heavy (non-hydrogen) atoms. The molecule has 0 radical (unpaired) electrons. The number of carbonyl (C=O) groups excluding carboxylic acids is 1. The minimum Gasteiger partial charge on any atom is -0.361 e. The van der Waals surface area contributed by atoms with Crippen molar-refractivity contribution in [3.63, 3.8) is 0 Å². The maximum Gasteiger partial charge on any atom is 0.342 e. The van der Waals surface area contributed by atoms with E-state index in [1.165, 1.54) is 16.1 Å². The largest absolute Gasteiger partial charge is 0.361 e. The highest BCUT2D eigenvalue weighted by molar-refractivity contribution is 5.93. The lowest BCUT2D eigenvalue weighted by atomic mass is 10.2. The van der Waals surface area contributed by atoms with Crippen LogP contribution in [0.25, 0.3) is 0 Å². The van der Waals surface area contributed by atoms with Crippen molar-refractivity contribution in [1.29, 1.82) is 0 Å². The van der Waals surface area contributed by atoms with E-state index in [-0.39, 0.29) is 6.03 Å². The van der Waals surface area contributed by atoms with Crippen LogP contribution in [0.5, 0.6) is 0 Å². The zero-order valence-corrected chi connectivity index (χ0v) is 11.9. The predicted octanol–water partition coefficient (Wildman–Crippen LogP) is 0.189. The van der Waals surface area contributed by atoms with Gasteiger partial charge in [0, 0.05) is 18.8 Å². The number of aliphatic hydroxyl groups excluding tert-OH is 1. The van der Waals surface area contributed by atoms with Gasteiger partial charge < -0.3 is 9.63 Å². The third-order valence-electron chi connectivity index (χ3n) is 3.45. The van der Waals surface area contributed by atoms with Crippen LogP contribution in [0.1, 0.15) is 17.0 Å². The highest BCUT2D eigenvalue weighted by Gasteiger charge is 2.35. The van der Waals surface area contributed by atoms with Crippen LogP contribution >= 0.6 is 0 Å². The van der Waals surface area contributed by atoms with E-state index in [9.17, 15) is 9.90 Å². The number of hydrogen-bond acceptors (Lipinski definition) is 6. The Morgan fingerprint density at radius 3 is 2.81 bits per heavy atom. The average molecular weight is 292 g/mol. The van der Waals surface area contributed by atoms with Crippen LogP contribution < -0.4 is 10.3 Å². The summed E-state index contributed by atoms with van der Waals surface area (Å²) < 4.78 is 6.78. The van der Waals surface area contributed by atoms with Gasteiger partial charge in [-0.15, -0.1) is 0 Å². The summed E-state index contributed by atoms with van der Waals surface area (Å²) in [4.78, 5) is 13.1. The molecule has 9 nitrogen and oxygen atoms in total. The van der Waals surface area contributed by atoms with E-state index in [0.29, 0.717) is 12.2 Å². The summed E-state index contributed by atoms with van der Waals surface area (Å²) in [6.07, 6.45) is 2.12. The second-order valence-corrected chi connectivity index (χ2v) is 4.91. The lowest BCUT2D eigenvalue weighted by molar-refractivity contribution is 0.119. The molecule has 0 bridgehead atoms. The maximum atomic E-state index is 11.9. The van der Waals surface area contributed by atoms with Gasteiger partial charge in [0.1, 0.15) is 5.76 Å². The minimum atomic E-state index is -1.10. The molecule has 2 aromatic heterocycles. The van der Waals surface area contributed by atoms with E-state index in [1.807, 2.05) is 13.8 Å². The third-order valence-corrected chi connectivity index (χ3v) is 3.45. The van der Waals surface area contributed by atoms with Crippen molar-refractivity contribution < 1.29 is 14.4 Å². The standard InChI is InChI=1S/C12H16N6O3/c1-7-10(8(2)21-15-7)6-17-5-9(4-13-17)18-11(19)14-16(3)12(18)20/h4-5,11,14,19H,6H2,1-3H3. The summed E-state index contributed by atoms with van der Waals surface area (Å²) in [6, 6.07) is -0.348. The van der Waals surface area contributed by atoms with E-state index in [0.717, 1.165) is 17.0 Å². The Kier molecular flexibility index (Phi) is 3.15. The van der Waals surface area contributed by atoms with Gasteiger partial charge in [0.05, 0.1) is 24.1 Å². The number of aromatic nitrogens is 3.